The van der Waals surface area contributed by atoms with E-state index in [2.05, 4.69) is 67.1 Å². The molecule has 1 aliphatic heterocycles. The average Bonchev–Trinajstić information content (AvgIpc) is 3.17. The zero-order valence-corrected chi connectivity index (χ0v) is 19.8. The molecule has 3 amide bonds. The number of carbonyl (C=O) groups excluding carboxylic acids is 2. The molecule has 1 aromatic carbocycles. The molecule has 7 nitrogen and oxygen atoms in total. The Hall–Kier alpha value is -2.61. The highest BCUT2D eigenvalue weighted by Gasteiger charge is 2.43. The Kier molecular flexibility index (Phi) is 6.59. The van der Waals surface area contributed by atoms with Crippen LogP contribution >= 0.6 is 11.8 Å². The van der Waals surface area contributed by atoms with Crippen LogP contribution in [-0.4, -0.2) is 49.4 Å². The van der Waals surface area contributed by atoms with Crippen LogP contribution in [0.25, 0.3) is 11.4 Å². The van der Waals surface area contributed by atoms with E-state index in [1.165, 1.54) is 10.5 Å². The summed E-state index contributed by atoms with van der Waals surface area (Å²) in [6.07, 6.45) is 2.51. The summed E-state index contributed by atoms with van der Waals surface area (Å²) in [5.41, 5.74) is 1.54. The SMILES string of the molecule is C=CCn1c(SCCCN2C(=O)NC(C)(C)C2=O)nnc1-c1ccc(C(C)(C)C)cc1. The van der Waals surface area contributed by atoms with Gasteiger partial charge >= 0.3 is 6.03 Å². The average molecular weight is 442 g/mol. The molecule has 1 aliphatic rings. The number of rotatable bonds is 8. The molecular formula is C23H31N5O2S. The summed E-state index contributed by atoms with van der Waals surface area (Å²) < 4.78 is 2.04. The molecule has 0 atom stereocenters. The van der Waals surface area contributed by atoms with Crippen LogP contribution in [0.1, 0.15) is 46.6 Å². The molecule has 1 aromatic heterocycles. The lowest BCUT2D eigenvalue weighted by Crippen LogP contribution is -2.40. The molecule has 1 saturated heterocycles. The fourth-order valence-corrected chi connectivity index (χ4v) is 4.30. The number of allylic oxidation sites excluding steroid dienone is 1. The Morgan fingerprint density at radius 3 is 2.39 bits per heavy atom. The highest BCUT2D eigenvalue weighted by Crippen LogP contribution is 2.28. The summed E-state index contributed by atoms with van der Waals surface area (Å²) in [6, 6.07) is 8.11. The second-order valence-electron chi connectivity index (χ2n) is 9.25. The van der Waals surface area contributed by atoms with Crippen molar-refractivity contribution < 1.29 is 9.59 Å². The molecule has 8 heteroatoms. The monoisotopic (exact) mass is 441 g/mol. The third kappa shape index (κ3) is 5.01. The van der Waals surface area contributed by atoms with Gasteiger partial charge in [0.2, 0.25) is 0 Å². The Bertz CT molecular complexity index is 973. The third-order valence-electron chi connectivity index (χ3n) is 5.24. The van der Waals surface area contributed by atoms with Crippen LogP contribution in [0.15, 0.2) is 42.1 Å². The van der Waals surface area contributed by atoms with Crippen molar-refractivity contribution in [1.29, 1.82) is 0 Å². The van der Waals surface area contributed by atoms with E-state index in [-0.39, 0.29) is 17.4 Å². The summed E-state index contributed by atoms with van der Waals surface area (Å²) in [4.78, 5) is 25.6. The van der Waals surface area contributed by atoms with E-state index in [4.69, 9.17) is 0 Å². The minimum atomic E-state index is -0.828. The zero-order valence-electron chi connectivity index (χ0n) is 18.9. The van der Waals surface area contributed by atoms with Gasteiger partial charge in [-0.2, -0.15) is 0 Å². The molecule has 0 unspecified atom stereocenters. The van der Waals surface area contributed by atoms with Crippen LogP contribution in [0.5, 0.6) is 0 Å². The summed E-state index contributed by atoms with van der Waals surface area (Å²) in [5.74, 6) is 1.34. The smallest absolute Gasteiger partial charge is 0.324 e. The van der Waals surface area contributed by atoms with E-state index in [9.17, 15) is 9.59 Å². The van der Waals surface area contributed by atoms with Crippen LogP contribution in [-0.2, 0) is 16.8 Å². The second-order valence-corrected chi connectivity index (χ2v) is 10.3. The van der Waals surface area contributed by atoms with Gasteiger partial charge in [0.15, 0.2) is 11.0 Å². The first-order valence-corrected chi connectivity index (χ1v) is 11.4. The Morgan fingerprint density at radius 1 is 1.16 bits per heavy atom. The lowest BCUT2D eigenvalue weighted by molar-refractivity contribution is -0.130. The summed E-state index contributed by atoms with van der Waals surface area (Å²) in [6.45, 7) is 14.9. The molecule has 0 radical (unpaired) electrons. The Morgan fingerprint density at radius 2 is 1.84 bits per heavy atom. The molecule has 0 saturated carbocycles. The maximum absolute atomic E-state index is 12.3. The molecule has 3 rings (SSSR count). The van der Waals surface area contributed by atoms with Crippen molar-refractivity contribution in [1.82, 2.24) is 25.0 Å². The number of aromatic nitrogens is 3. The quantitative estimate of drug-likeness (QED) is 0.287. The van der Waals surface area contributed by atoms with Crippen LogP contribution in [0.3, 0.4) is 0 Å². The van der Waals surface area contributed by atoms with E-state index < -0.39 is 5.54 Å². The summed E-state index contributed by atoms with van der Waals surface area (Å²) in [7, 11) is 0. The van der Waals surface area contributed by atoms with Gasteiger partial charge in [-0.15, -0.1) is 16.8 Å². The number of imide groups is 1. The van der Waals surface area contributed by atoms with E-state index in [0.29, 0.717) is 19.5 Å². The number of nitrogens with one attached hydrogen (secondary N) is 1. The molecule has 0 aliphatic carbocycles. The molecule has 1 fully saturated rings. The number of amides is 3. The van der Waals surface area contributed by atoms with Crippen molar-refractivity contribution in [2.24, 2.45) is 0 Å². The lowest BCUT2D eigenvalue weighted by atomic mass is 9.87. The van der Waals surface area contributed by atoms with Gasteiger partial charge < -0.3 is 5.32 Å². The van der Waals surface area contributed by atoms with Gasteiger partial charge in [-0.1, -0.05) is 62.9 Å². The van der Waals surface area contributed by atoms with E-state index in [1.807, 2.05) is 10.6 Å². The number of urea groups is 1. The number of hydrogen-bond acceptors (Lipinski definition) is 5. The molecule has 1 N–H and O–H groups in total. The van der Waals surface area contributed by atoms with Gasteiger partial charge in [-0.3, -0.25) is 14.3 Å². The molecule has 166 valence electrons. The van der Waals surface area contributed by atoms with Crippen LogP contribution in [0.2, 0.25) is 0 Å². The second kappa shape index (κ2) is 8.86. The minimum Gasteiger partial charge on any atom is -0.324 e. The van der Waals surface area contributed by atoms with Crippen LogP contribution in [0, 0.1) is 0 Å². The highest BCUT2D eigenvalue weighted by atomic mass is 32.2. The standard InChI is InChI=1S/C23H31N5O2S/c1-7-13-27-18(16-9-11-17(12-10-16)22(2,3)4)25-26-21(27)31-15-8-14-28-19(29)23(5,6)24-20(28)30/h7,9-12H,1,8,13-15H2,2-6H3,(H,24,30). The van der Waals surface area contributed by atoms with Gasteiger partial charge in [0.25, 0.3) is 5.91 Å². The van der Waals surface area contributed by atoms with Crippen LogP contribution < -0.4 is 5.32 Å². The van der Waals surface area contributed by atoms with Crippen LogP contribution in [0.4, 0.5) is 4.79 Å². The number of benzene rings is 1. The number of hydrogen-bond donors (Lipinski definition) is 1. The van der Waals surface area contributed by atoms with E-state index in [0.717, 1.165) is 22.3 Å². The largest absolute Gasteiger partial charge is 0.325 e. The van der Waals surface area contributed by atoms with Crippen molar-refractivity contribution in [3.8, 4) is 11.4 Å². The van der Waals surface area contributed by atoms with Crippen molar-refractivity contribution in [3.63, 3.8) is 0 Å². The molecule has 2 heterocycles. The highest BCUT2D eigenvalue weighted by molar-refractivity contribution is 7.99. The van der Waals surface area contributed by atoms with Gasteiger partial charge in [-0.25, -0.2) is 4.79 Å². The van der Waals surface area contributed by atoms with E-state index >= 15 is 0 Å². The predicted octanol–water partition coefficient (Wildman–Crippen LogP) is 4.24. The summed E-state index contributed by atoms with van der Waals surface area (Å²) >= 11 is 1.57. The van der Waals surface area contributed by atoms with Gasteiger partial charge in [0.05, 0.1) is 0 Å². The maximum Gasteiger partial charge on any atom is 0.325 e. The summed E-state index contributed by atoms with van der Waals surface area (Å²) in [5, 5.41) is 12.3. The van der Waals surface area contributed by atoms with Gasteiger partial charge in [0, 0.05) is 24.4 Å². The topological polar surface area (TPSA) is 80.1 Å². The first-order chi connectivity index (χ1) is 14.5. The molecule has 0 spiro atoms. The molecular weight excluding hydrogens is 410 g/mol. The molecule has 31 heavy (non-hydrogen) atoms. The number of carbonyl (C=O) groups is 2. The fourth-order valence-electron chi connectivity index (χ4n) is 3.43. The lowest BCUT2D eigenvalue weighted by Gasteiger charge is -2.19. The third-order valence-corrected chi connectivity index (χ3v) is 6.29. The predicted molar refractivity (Wildman–Crippen MR) is 124 cm³/mol. The van der Waals surface area contributed by atoms with Crippen molar-refractivity contribution in [2.75, 3.05) is 12.3 Å². The van der Waals surface area contributed by atoms with Gasteiger partial charge in [0.1, 0.15) is 5.54 Å². The number of thioether (sulfide) groups is 1. The molecule has 0 bridgehead atoms. The fraction of sp³-hybridized carbons (Fsp3) is 0.478. The van der Waals surface area contributed by atoms with Crippen molar-refractivity contribution in [2.45, 2.75) is 63.7 Å². The number of nitrogens with zero attached hydrogens (tertiary/aromatic N) is 4. The van der Waals surface area contributed by atoms with Crippen molar-refractivity contribution >= 4 is 23.7 Å². The Labute approximate surface area is 188 Å². The van der Waals surface area contributed by atoms with Gasteiger partial charge in [-0.05, 0) is 31.2 Å². The minimum absolute atomic E-state index is 0.0944. The first kappa shape index (κ1) is 23.1. The zero-order chi connectivity index (χ0) is 22.8. The Balaban J connectivity index is 1.66. The maximum atomic E-state index is 12.3. The molecule has 2 aromatic rings. The van der Waals surface area contributed by atoms with Crippen molar-refractivity contribution in [3.05, 3.63) is 42.5 Å². The normalized spacial score (nSPS) is 16.0. The first-order valence-electron chi connectivity index (χ1n) is 10.5. The van der Waals surface area contributed by atoms with E-state index in [1.54, 1.807) is 25.6 Å².